The number of nitrogens with zero attached hydrogens (tertiary/aromatic N) is 5. The summed E-state index contributed by atoms with van der Waals surface area (Å²) >= 11 is 13.8. The summed E-state index contributed by atoms with van der Waals surface area (Å²) in [5.74, 6) is 0.676. The van der Waals surface area contributed by atoms with E-state index in [0.29, 0.717) is 81.1 Å². The number of amides is 2. The molecule has 250 valence electrons. The van der Waals surface area contributed by atoms with Gasteiger partial charge < -0.3 is 24.3 Å². The lowest BCUT2D eigenvalue weighted by molar-refractivity contribution is -0.143. The predicted molar refractivity (Wildman–Crippen MR) is 181 cm³/mol. The number of aromatic nitrogens is 3. The molecule has 7 rings (SSSR count). The van der Waals surface area contributed by atoms with E-state index in [0.717, 1.165) is 69.4 Å². The Morgan fingerprint density at radius 3 is 2.44 bits per heavy atom. The molecule has 1 fully saturated rings. The van der Waals surface area contributed by atoms with Crippen LogP contribution < -0.4 is 5.32 Å². The maximum Gasteiger partial charge on any atom is 0.306 e. The van der Waals surface area contributed by atoms with Gasteiger partial charge in [0.1, 0.15) is 11.5 Å². The third kappa shape index (κ3) is 6.22. The molecule has 11 nitrogen and oxygen atoms in total. The number of nitrogens with one attached hydrogen (secondary N) is 1. The normalized spacial score (nSPS) is 19.2. The number of halogens is 2. The first-order chi connectivity index (χ1) is 23.2. The average molecular weight is 692 g/mol. The van der Waals surface area contributed by atoms with Crippen molar-refractivity contribution in [2.45, 2.75) is 58.2 Å². The first kappa shape index (κ1) is 32.4. The molecule has 13 heteroatoms. The van der Waals surface area contributed by atoms with Crippen molar-refractivity contribution in [3.05, 3.63) is 75.1 Å². The number of oxazole rings is 1. The monoisotopic (exact) mass is 690 g/mol. The van der Waals surface area contributed by atoms with Gasteiger partial charge in [-0.25, -0.2) is 9.97 Å². The lowest BCUT2D eigenvalue weighted by Crippen LogP contribution is -2.33. The number of carboxylic acid groups (broad SMARTS) is 1. The number of fused-ring (bicyclic) bond motifs is 2. The highest BCUT2D eigenvalue weighted by Gasteiger charge is 2.30. The lowest BCUT2D eigenvalue weighted by atomic mass is 9.80. The summed E-state index contributed by atoms with van der Waals surface area (Å²) in [6.07, 6.45) is 6.09. The van der Waals surface area contributed by atoms with Crippen molar-refractivity contribution < 1.29 is 23.9 Å². The van der Waals surface area contributed by atoms with Crippen LogP contribution in [0.5, 0.6) is 0 Å². The molecule has 2 aromatic carbocycles. The van der Waals surface area contributed by atoms with Crippen LogP contribution in [-0.4, -0.2) is 60.8 Å². The minimum Gasteiger partial charge on any atom is -0.481 e. The van der Waals surface area contributed by atoms with E-state index in [4.69, 9.17) is 32.6 Å². The molecule has 4 aromatic rings. The van der Waals surface area contributed by atoms with Crippen LogP contribution in [-0.2, 0) is 42.7 Å². The minimum absolute atomic E-state index is 0.192. The second-order valence-corrected chi connectivity index (χ2v) is 13.7. The molecule has 2 aromatic heterocycles. The molecule has 48 heavy (non-hydrogen) atoms. The molecular formula is C35H36Cl2N6O5. The summed E-state index contributed by atoms with van der Waals surface area (Å²) in [5.41, 5.74) is 5.00. The third-order valence-corrected chi connectivity index (χ3v) is 10.8. The molecule has 0 saturated heterocycles. The Morgan fingerprint density at radius 1 is 0.979 bits per heavy atom. The first-order valence-electron chi connectivity index (χ1n) is 16.3. The van der Waals surface area contributed by atoms with Crippen LogP contribution in [0.15, 0.2) is 40.8 Å². The Labute approximate surface area is 287 Å². The van der Waals surface area contributed by atoms with E-state index >= 15 is 0 Å². The van der Waals surface area contributed by atoms with Crippen molar-refractivity contribution in [2.24, 2.45) is 18.9 Å². The molecule has 2 N–H and O–H groups in total. The van der Waals surface area contributed by atoms with Crippen LogP contribution in [0, 0.1) is 11.8 Å². The summed E-state index contributed by atoms with van der Waals surface area (Å²) in [7, 11) is 1.87. The molecule has 0 bridgehead atoms. The highest BCUT2D eigenvalue weighted by Crippen LogP contribution is 2.42. The fourth-order valence-corrected chi connectivity index (χ4v) is 7.80. The van der Waals surface area contributed by atoms with E-state index in [1.807, 2.05) is 41.9 Å². The van der Waals surface area contributed by atoms with E-state index in [2.05, 4.69) is 15.2 Å². The van der Waals surface area contributed by atoms with Crippen molar-refractivity contribution in [1.82, 2.24) is 24.3 Å². The van der Waals surface area contributed by atoms with Crippen LogP contribution in [0.3, 0.4) is 0 Å². The predicted octanol–water partition coefficient (Wildman–Crippen LogP) is 6.41. The first-order valence-corrected chi connectivity index (χ1v) is 17.0. The van der Waals surface area contributed by atoms with Gasteiger partial charge in [0, 0.05) is 43.4 Å². The van der Waals surface area contributed by atoms with Gasteiger partial charge in [-0.3, -0.25) is 19.3 Å². The number of carbonyl (C=O) groups is 3. The molecule has 0 radical (unpaired) electrons. The maximum absolute atomic E-state index is 13.6. The minimum atomic E-state index is -0.669. The molecule has 2 amide bonds. The smallest absolute Gasteiger partial charge is 0.306 e. The highest BCUT2D eigenvalue weighted by molar-refractivity contribution is 6.39. The SMILES string of the molecule is Cn1c(C(=O)Nc2cccc(-c3cccc(-c4nc5c(o4)CN(C=O)C5)c3Cl)c2Cl)nc2c1CCN(CCC1CCC(C(=O)O)CC1)C2. The van der Waals surface area contributed by atoms with E-state index in [1.54, 1.807) is 11.0 Å². The number of carbonyl (C=O) groups excluding carboxylic acids is 2. The zero-order valence-corrected chi connectivity index (χ0v) is 28.1. The molecule has 3 aliphatic rings. The number of aliphatic carboxylic acids is 1. The van der Waals surface area contributed by atoms with Crippen LogP contribution in [0.4, 0.5) is 5.69 Å². The van der Waals surface area contributed by atoms with Gasteiger partial charge in [0.15, 0.2) is 5.82 Å². The van der Waals surface area contributed by atoms with Crippen LogP contribution in [0.25, 0.3) is 22.6 Å². The van der Waals surface area contributed by atoms with E-state index in [9.17, 15) is 19.5 Å². The third-order valence-electron chi connectivity index (χ3n) is 9.98. The fourth-order valence-electron chi connectivity index (χ4n) is 7.21. The fraction of sp³-hybridized carbons (Fsp3) is 0.400. The van der Waals surface area contributed by atoms with Crippen LogP contribution in [0.1, 0.15) is 65.6 Å². The van der Waals surface area contributed by atoms with Gasteiger partial charge in [-0.1, -0.05) is 47.5 Å². The molecule has 1 aliphatic carbocycles. The largest absolute Gasteiger partial charge is 0.481 e. The quantitative estimate of drug-likeness (QED) is 0.193. The standard InChI is InChI=1S/C35H36Cl2N6O5/c1-41-28-13-15-42(14-12-20-8-10-21(11-9-20)35(46)47)16-26(28)38-32(41)33(45)39-25-7-3-5-23(31(25)37)22-4-2-6-24(30(22)36)34-40-27-17-43(19-44)18-29(27)48-34/h2-7,19-21H,8-18H2,1H3,(H,39,45)(H,46,47). The number of carboxylic acids is 1. The number of hydrogen-bond acceptors (Lipinski definition) is 7. The van der Waals surface area contributed by atoms with Gasteiger partial charge in [0.05, 0.1) is 46.0 Å². The second kappa shape index (κ2) is 13.4. The number of benzene rings is 2. The zero-order chi connectivity index (χ0) is 33.5. The van der Waals surface area contributed by atoms with Crippen LogP contribution in [0.2, 0.25) is 10.0 Å². The molecular weight excluding hydrogens is 655 g/mol. The van der Waals surface area contributed by atoms with Crippen molar-refractivity contribution in [2.75, 3.05) is 18.4 Å². The van der Waals surface area contributed by atoms with Crippen LogP contribution >= 0.6 is 23.2 Å². The molecule has 1 saturated carbocycles. The summed E-state index contributed by atoms with van der Waals surface area (Å²) in [6.45, 7) is 3.26. The van der Waals surface area contributed by atoms with Gasteiger partial charge in [-0.15, -0.1) is 0 Å². The average Bonchev–Trinajstić information content (AvgIpc) is 3.76. The summed E-state index contributed by atoms with van der Waals surface area (Å²) in [6, 6.07) is 10.9. The zero-order valence-electron chi connectivity index (χ0n) is 26.5. The van der Waals surface area contributed by atoms with Gasteiger partial charge in [0.2, 0.25) is 12.3 Å². The Morgan fingerprint density at radius 2 is 1.71 bits per heavy atom. The van der Waals surface area contributed by atoms with Gasteiger partial charge in [-0.05, 0) is 56.7 Å². The Kier molecular flexibility index (Phi) is 9.02. The van der Waals surface area contributed by atoms with E-state index in [1.165, 1.54) is 0 Å². The molecule has 0 atom stereocenters. The molecule has 4 heterocycles. The topological polar surface area (TPSA) is 134 Å². The van der Waals surface area contributed by atoms with Gasteiger partial charge in [0.25, 0.3) is 5.91 Å². The Bertz CT molecular complexity index is 1870. The van der Waals surface area contributed by atoms with Crippen molar-refractivity contribution in [3.8, 4) is 22.6 Å². The van der Waals surface area contributed by atoms with Crippen molar-refractivity contribution in [1.29, 1.82) is 0 Å². The highest BCUT2D eigenvalue weighted by atomic mass is 35.5. The van der Waals surface area contributed by atoms with Gasteiger partial charge >= 0.3 is 5.97 Å². The Hall–Kier alpha value is -4.19. The van der Waals surface area contributed by atoms with Crippen molar-refractivity contribution >= 4 is 47.2 Å². The molecule has 0 spiro atoms. The maximum atomic E-state index is 13.6. The summed E-state index contributed by atoms with van der Waals surface area (Å²) in [5, 5.41) is 13.0. The van der Waals surface area contributed by atoms with E-state index < -0.39 is 5.97 Å². The Balaban J connectivity index is 1.03. The number of anilines is 1. The van der Waals surface area contributed by atoms with Gasteiger partial charge in [-0.2, -0.15) is 0 Å². The van der Waals surface area contributed by atoms with Crippen molar-refractivity contribution in [3.63, 3.8) is 0 Å². The van der Waals surface area contributed by atoms with E-state index in [-0.39, 0.29) is 11.8 Å². The number of imidazole rings is 1. The number of rotatable bonds is 9. The lowest BCUT2D eigenvalue weighted by Gasteiger charge is -2.30. The summed E-state index contributed by atoms with van der Waals surface area (Å²) < 4.78 is 7.83. The number of hydrogen-bond donors (Lipinski definition) is 2. The second-order valence-electron chi connectivity index (χ2n) is 12.9. The molecule has 0 unspecified atom stereocenters. The molecule has 2 aliphatic heterocycles. The summed E-state index contributed by atoms with van der Waals surface area (Å²) in [4.78, 5) is 49.3.